The lowest BCUT2D eigenvalue weighted by molar-refractivity contribution is 0.0580. The van der Waals surface area contributed by atoms with Crippen LogP contribution in [-0.2, 0) is 0 Å². The van der Waals surface area contributed by atoms with Crippen LogP contribution in [0.4, 0.5) is 4.39 Å². The van der Waals surface area contributed by atoms with Gasteiger partial charge in [0.2, 0.25) is 0 Å². The van der Waals surface area contributed by atoms with Crippen molar-refractivity contribution in [3.05, 3.63) is 29.6 Å². The molecule has 1 aliphatic carbocycles. The van der Waals surface area contributed by atoms with Crippen molar-refractivity contribution in [2.75, 3.05) is 13.1 Å². The molecule has 3 rings (SSSR count). The zero-order chi connectivity index (χ0) is 14.2. The van der Waals surface area contributed by atoms with Gasteiger partial charge in [0.05, 0.1) is 0 Å². The van der Waals surface area contributed by atoms with E-state index in [-0.39, 0.29) is 17.2 Å². The molecule has 1 aromatic rings. The minimum Gasteiger partial charge on any atom is -0.507 e. The summed E-state index contributed by atoms with van der Waals surface area (Å²) < 4.78 is 13.7. The molecule has 1 aromatic carbocycles. The third-order valence-corrected chi connectivity index (χ3v) is 4.98. The average molecular weight is 277 g/mol. The predicted octanol–water partition coefficient (Wildman–Crippen LogP) is 3.33. The van der Waals surface area contributed by atoms with Gasteiger partial charge in [0.15, 0.2) is 0 Å². The summed E-state index contributed by atoms with van der Waals surface area (Å²) in [6, 6.07) is 3.99. The van der Waals surface area contributed by atoms with Crippen LogP contribution in [0.1, 0.15) is 48.9 Å². The number of hydrogen-bond acceptors (Lipinski definition) is 2. The number of likely N-dealkylation sites (tertiary alicyclic amines) is 1. The highest BCUT2D eigenvalue weighted by atomic mass is 19.1. The van der Waals surface area contributed by atoms with E-state index in [1.54, 1.807) is 4.90 Å². The van der Waals surface area contributed by atoms with Crippen LogP contribution in [-0.4, -0.2) is 29.0 Å². The zero-order valence-corrected chi connectivity index (χ0v) is 11.6. The fourth-order valence-corrected chi connectivity index (χ4v) is 3.69. The van der Waals surface area contributed by atoms with Crippen molar-refractivity contribution in [3.63, 3.8) is 0 Å². The van der Waals surface area contributed by atoms with E-state index >= 15 is 0 Å². The van der Waals surface area contributed by atoms with E-state index in [0.29, 0.717) is 18.5 Å². The Balaban J connectivity index is 1.73. The number of carbonyl (C=O) groups excluding carboxylic acids is 1. The summed E-state index contributed by atoms with van der Waals surface area (Å²) >= 11 is 0. The van der Waals surface area contributed by atoms with Crippen LogP contribution >= 0.6 is 0 Å². The monoisotopic (exact) mass is 277 g/mol. The molecular weight excluding hydrogens is 257 g/mol. The highest BCUT2D eigenvalue weighted by molar-refractivity contribution is 5.97. The van der Waals surface area contributed by atoms with Crippen LogP contribution in [0.3, 0.4) is 0 Å². The molecule has 3 nitrogen and oxygen atoms in total. The van der Waals surface area contributed by atoms with Gasteiger partial charge in [0, 0.05) is 13.1 Å². The molecule has 1 aliphatic heterocycles. The Hall–Kier alpha value is -1.58. The van der Waals surface area contributed by atoms with Crippen molar-refractivity contribution in [3.8, 4) is 5.75 Å². The molecular formula is C16H20FNO2. The Morgan fingerprint density at radius 1 is 1.15 bits per heavy atom. The van der Waals surface area contributed by atoms with Crippen LogP contribution in [0, 0.1) is 11.2 Å². The van der Waals surface area contributed by atoms with Crippen LogP contribution in [0.25, 0.3) is 0 Å². The summed E-state index contributed by atoms with van der Waals surface area (Å²) in [4.78, 5) is 14.1. The highest BCUT2D eigenvalue weighted by Crippen LogP contribution is 2.46. The molecule has 1 saturated heterocycles. The van der Waals surface area contributed by atoms with Gasteiger partial charge < -0.3 is 10.0 Å². The molecule has 1 amide bonds. The number of nitrogens with zero attached hydrogens (tertiary/aromatic N) is 1. The molecule has 0 aromatic heterocycles. The van der Waals surface area contributed by atoms with Gasteiger partial charge in [0.1, 0.15) is 17.1 Å². The molecule has 1 heterocycles. The van der Waals surface area contributed by atoms with Crippen molar-refractivity contribution in [2.24, 2.45) is 5.41 Å². The molecule has 20 heavy (non-hydrogen) atoms. The van der Waals surface area contributed by atoms with Crippen molar-refractivity contribution < 1.29 is 14.3 Å². The number of aromatic hydroxyl groups is 1. The third-order valence-electron chi connectivity index (χ3n) is 4.98. The number of carbonyl (C=O) groups is 1. The second-order valence-electron chi connectivity index (χ2n) is 6.13. The molecule has 0 atom stereocenters. The van der Waals surface area contributed by atoms with Crippen LogP contribution in [0.15, 0.2) is 18.2 Å². The molecule has 0 radical (unpaired) electrons. The molecule has 0 bridgehead atoms. The highest BCUT2D eigenvalue weighted by Gasteiger charge is 2.38. The summed E-state index contributed by atoms with van der Waals surface area (Å²) in [5.41, 5.74) is 0.239. The summed E-state index contributed by atoms with van der Waals surface area (Å²) in [6.45, 7) is 1.35. The van der Waals surface area contributed by atoms with Gasteiger partial charge in [-0.1, -0.05) is 18.9 Å². The lowest BCUT2D eigenvalue weighted by Gasteiger charge is -2.39. The van der Waals surface area contributed by atoms with Crippen molar-refractivity contribution >= 4 is 5.91 Å². The lowest BCUT2D eigenvalue weighted by atomic mass is 9.77. The van der Waals surface area contributed by atoms with E-state index in [9.17, 15) is 14.3 Å². The first-order valence-electron chi connectivity index (χ1n) is 7.38. The Morgan fingerprint density at radius 2 is 1.80 bits per heavy atom. The number of hydrogen-bond donors (Lipinski definition) is 1. The van der Waals surface area contributed by atoms with Gasteiger partial charge in [-0.2, -0.15) is 0 Å². The van der Waals surface area contributed by atoms with Crippen LogP contribution in [0.2, 0.25) is 0 Å². The topological polar surface area (TPSA) is 40.5 Å². The van der Waals surface area contributed by atoms with E-state index in [2.05, 4.69) is 0 Å². The second-order valence-corrected chi connectivity index (χ2v) is 6.13. The number of rotatable bonds is 1. The Kier molecular flexibility index (Phi) is 3.40. The van der Waals surface area contributed by atoms with Crippen LogP contribution < -0.4 is 0 Å². The number of phenolic OH excluding ortho intramolecular Hbond substituents is 1. The van der Waals surface area contributed by atoms with Crippen molar-refractivity contribution in [1.82, 2.24) is 4.90 Å². The fourth-order valence-electron chi connectivity index (χ4n) is 3.69. The maximum absolute atomic E-state index is 13.7. The number of phenols is 1. The zero-order valence-electron chi connectivity index (χ0n) is 11.6. The van der Waals surface area contributed by atoms with E-state index in [1.165, 1.54) is 43.9 Å². The SMILES string of the molecule is O=C(c1c(O)cccc1F)N1CCC2(CCCC2)CC1. The van der Waals surface area contributed by atoms with Crippen LogP contribution in [0.5, 0.6) is 5.75 Å². The smallest absolute Gasteiger partial charge is 0.260 e. The Bertz CT molecular complexity index is 493. The number of benzene rings is 1. The first-order chi connectivity index (χ1) is 9.61. The van der Waals surface area contributed by atoms with E-state index in [1.807, 2.05) is 0 Å². The number of amides is 1. The molecule has 4 heteroatoms. The van der Waals surface area contributed by atoms with Gasteiger partial charge in [-0.05, 0) is 43.2 Å². The van der Waals surface area contributed by atoms with Gasteiger partial charge in [-0.15, -0.1) is 0 Å². The van der Waals surface area contributed by atoms with Crippen molar-refractivity contribution in [2.45, 2.75) is 38.5 Å². The number of piperidine rings is 1. The standard InChI is InChI=1S/C16H20FNO2/c17-12-4-3-5-13(19)14(12)15(20)18-10-8-16(9-11-18)6-1-2-7-16/h3-5,19H,1-2,6-11H2. The number of halogens is 1. The third kappa shape index (κ3) is 2.28. The minimum atomic E-state index is -0.642. The quantitative estimate of drug-likeness (QED) is 0.855. The summed E-state index contributed by atoms with van der Waals surface area (Å²) in [6.07, 6.45) is 7.13. The van der Waals surface area contributed by atoms with E-state index < -0.39 is 5.82 Å². The summed E-state index contributed by atoms with van der Waals surface area (Å²) in [5, 5.41) is 9.71. The first-order valence-corrected chi connectivity index (χ1v) is 7.38. The fraction of sp³-hybridized carbons (Fsp3) is 0.562. The lowest BCUT2D eigenvalue weighted by Crippen LogP contribution is -2.42. The Labute approximate surface area is 118 Å². The maximum atomic E-state index is 13.7. The Morgan fingerprint density at radius 3 is 2.40 bits per heavy atom. The molecule has 2 fully saturated rings. The normalized spacial score (nSPS) is 21.4. The van der Waals surface area contributed by atoms with Gasteiger partial charge >= 0.3 is 0 Å². The summed E-state index contributed by atoms with van der Waals surface area (Å²) in [5.74, 6) is -1.29. The second kappa shape index (κ2) is 5.08. The average Bonchev–Trinajstić information content (AvgIpc) is 2.87. The van der Waals surface area contributed by atoms with Gasteiger partial charge in [-0.25, -0.2) is 4.39 Å². The van der Waals surface area contributed by atoms with Crippen molar-refractivity contribution in [1.29, 1.82) is 0 Å². The first kappa shape index (κ1) is 13.4. The predicted molar refractivity (Wildman–Crippen MR) is 74.1 cm³/mol. The molecule has 1 saturated carbocycles. The molecule has 2 aliphatic rings. The summed E-state index contributed by atoms with van der Waals surface area (Å²) in [7, 11) is 0. The maximum Gasteiger partial charge on any atom is 0.260 e. The van der Waals surface area contributed by atoms with E-state index in [4.69, 9.17) is 0 Å². The molecule has 1 N–H and O–H groups in total. The largest absolute Gasteiger partial charge is 0.507 e. The molecule has 1 spiro atoms. The van der Waals surface area contributed by atoms with Gasteiger partial charge in [-0.3, -0.25) is 4.79 Å². The molecule has 0 unspecified atom stereocenters. The minimum absolute atomic E-state index is 0.185. The van der Waals surface area contributed by atoms with Gasteiger partial charge in [0.25, 0.3) is 5.91 Å². The molecule has 108 valence electrons. The van der Waals surface area contributed by atoms with E-state index in [0.717, 1.165) is 12.8 Å².